The van der Waals surface area contributed by atoms with Gasteiger partial charge >= 0.3 is 23.9 Å². The van der Waals surface area contributed by atoms with Gasteiger partial charge in [-0.3, -0.25) is 19.2 Å². The molecule has 2 aromatic rings. The van der Waals surface area contributed by atoms with Crippen LogP contribution >= 0.6 is 0 Å². The van der Waals surface area contributed by atoms with Crippen LogP contribution in [0.2, 0.25) is 5.04 Å². The van der Waals surface area contributed by atoms with Crippen molar-refractivity contribution in [1.82, 2.24) is 0 Å². The van der Waals surface area contributed by atoms with Gasteiger partial charge in [-0.05, 0) is 15.4 Å². The van der Waals surface area contributed by atoms with E-state index in [1.165, 1.54) is 27.7 Å². The van der Waals surface area contributed by atoms with Gasteiger partial charge in [-0.15, -0.1) is 0 Å². The SMILES string of the molecule is CC(=O)OC[C@@H]1OC(OC(C)=O)[C@@H](O[Si](c2ccccc2)(c2ccccc2)C(C)(C)C)[C@@H](OC(C)=O)[C@@H]1OC(C)=O. The standard InChI is InChI=1S/C30H38O10Si/c1-19(31)35-18-25-26(36-20(2)32)27(37-21(3)33)28(29(39-25)38-22(4)34)40-41(30(5,6)7,23-14-10-8-11-15-23)24-16-12-9-13-17-24/h8-17,25-29H,18H2,1-7H3/t25-,26+,27-,28-,29?/m0/s1. The summed E-state index contributed by atoms with van der Waals surface area (Å²) in [6, 6.07) is 19.4. The van der Waals surface area contributed by atoms with Crippen molar-refractivity contribution in [3.63, 3.8) is 0 Å². The fourth-order valence-corrected chi connectivity index (χ4v) is 9.82. The van der Waals surface area contributed by atoms with Crippen LogP contribution in [0.1, 0.15) is 48.5 Å². The Morgan fingerprint density at radius 1 is 0.683 bits per heavy atom. The number of carbonyl (C=O) groups excluding carboxylic acids is 4. The molecule has 0 aromatic heterocycles. The predicted molar refractivity (Wildman–Crippen MR) is 151 cm³/mol. The van der Waals surface area contributed by atoms with E-state index in [0.29, 0.717) is 0 Å². The zero-order valence-corrected chi connectivity index (χ0v) is 25.4. The van der Waals surface area contributed by atoms with E-state index in [0.717, 1.165) is 10.4 Å². The lowest BCUT2D eigenvalue weighted by Gasteiger charge is -2.50. The van der Waals surface area contributed by atoms with Gasteiger partial charge in [-0.2, -0.15) is 0 Å². The van der Waals surface area contributed by atoms with Gasteiger partial charge < -0.3 is 28.1 Å². The Kier molecular flexibility index (Phi) is 10.5. The van der Waals surface area contributed by atoms with E-state index in [-0.39, 0.29) is 6.61 Å². The van der Waals surface area contributed by atoms with E-state index < -0.39 is 67.9 Å². The Morgan fingerprint density at radius 3 is 1.56 bits per heavy atom. The molecule has 1 heterocycles. The number of esters is 4. The molecule has 0 N–H and O–H groups in total. The van der Waals surface area contributed by atoms with Crippen molar-refractivity contribution in [3.8, 4) is 0 Å². The quantitative estimate of drug-likeness (QED) is 0.246. The van der Waals surface area contributed by atoms with Gasteiger partial charge in [-0.1, -0.05) is 81.4 Å². The van der Waals surface area contributed by atoms with Crippen LogP contribution < -0.4 is 10.4 Å². The summed E-state index contributed by atoms with van der Waals surface area (Å²) in [6.45, 7) is 10.6. The summed E-state index contributed by atoms with van der Waals surface area (Å²) in [5.41, 5.74) is 0. The molecule has 0 saturated carbocycles. The summed E-state index contributed by atoms with van der Waals surface area (Å²) in [4.78, 5) is 48.6. The lowest BCUT2D eigenvalue weighted by Crippen LogP contribution is -2.72. The number of rotatable bonds is 9. The van der Waals surface area contributed by atoms with Gasteiger partial charge in [0.15, 0.2) is 12.2 Å². The summed E-state index contributed by atoms with van der Waals surface area (Å²) in [5.74, 6) is -2.64. The monoisotopic (exact) mass is 586 g/mol. The zero-order chi connectivity index (χ0) is 30.4. The van der Waals surface area contributed by atoms with E-state index in [9.17, 15) is 19.2 Å². The van der Waals surface area contributed by atoms with Crippen molar-refractivity contribution in [3.05, 3.63) is 60.7 Å². The molecule has 1 saturated heterocycles. The number of hydrogen-bond acceptors (Lipinski definition) is 10. The van der Waals surface area contributed by atoms with E-state index in [1.54, 1.807) is 0 Å². The highest BCUT2D eigenvalue weighted by atomic mass is 28.4. The Labute approximate surface area is 241 Å². The van der Waals surface area contributed by atoms with Crippen molar-refractivity contribution in [1.29, 1.82) is 0 Å². The van der Waals surface area contributed by atoms with E-state index in [2.05, 4.69) is 20.8 Å². The number of ether oxygens (including phenoxy) is 5. The second-order valence-electron chi connectivity index (χ2n) is 10.8. The molecule has 222 valence electrons. The Morgan fingerprint density at radius 2 is 1.15 bits per heavy atom. The first-order chi connectivity index (χ1) is 19.3. The molecule has 5 atom stereocenters. The van der Waals surface area contributed by atoms with Crippen LogP contribution in [0.4, 0.5) is 0 Å². The van der Waals surface area contributed by atoms with Crippen LogP contribution in [0.25, 0.3) is 0 Å². The molecule has 1 aliphatic heterocycles. The van der Waals surface area contributed by atoms with Crippen LogP contribution in [-0.2, 0) is 47.3 Å². The van der Waals surface area contributed by atoms with Crippen molar-refractivity contribution < 1.29 is 47.3 Å². The summed E-state index contributed by atoms with van der Waals surface area (Å²) in [6.07, 6.45) is -6.28. The van der Waals surface area contributed by atoms with Gasteiger partial charge in [-0.25, -0.2) is 0 Å². The second-order valence-corrected chi connectivity index (χ2v) is 15.1. The zero-order valence-electron chi connectivity index (χ0n) is 24.4. The molecule has 1 unspecified atom stereocenters. The summed E-state index contributed by atoms with van der Waals surface area (Å²) in [7, 11) is -3.34. The Bertz CT molecular complexity index is 1170. The average molecular weight is 587 g/mol. The molecule has 0 bridgehead atoms. The largest absolute Gasteiger partial charge is 0.463 e. The molecule has 11 heteroatoms. The topological polar surface area (TPSA) is 124 Å². The van der Waals surface area contributed by atoms with Crippen LogP contribution in [0.15, 0.2) is 60.7 Å². The molecule has 41 heavy (non-hydrogen) atoms. The Balaban J connectivity index is 2.27. The average Bonchev–Trinajstić information content (AvgIpc) is 2.88. The van der Waals surface area contributed by atoms with Crippen LogP contribution in [-0.4, -0.2) is 69.5 Å². The third-order valence-corrected chi connectivity index (χ3v) is 11.7. The first-order valence-corrected chi connectivity index (χ1v) is 15.3. The van der Waals surface area contributed by atoms with Crippen LogP contribution in [0.5, 0.6) is 0 Å². The third kappa shape index (κ3) is 7.60. The van der Waals surface area contributed by atoms with E-state index >= 15 is 0 Å². The van der Waals surface area contributed by atoms with Gasteiger partial charge in [0.1, 0.15) is 18.8 Å². The first-order valence-electron chi connectivity index (χ1n) is 13.4. The van der Waals surface area contributed by atoms with Gasteiger partial charge in [0.25, 0.3) is 8.32 Å². The van der Waals surface area contributed by atoms with E-state index in [1.807, 2.05) is 60.7 Å². The molecule has 1 fully saturated rings. The van der Waals surface area contributed by atoms with Gasteiger partial charge in [0.2, 0.25) is 6.29 Å². The van der Waals surface area contributed by atoms with E-state index in [4.69, 9.17) is 28.1 Å². The molecule has 0 spiro atoms. The van der Waals surface area contributed by atoms with Crippen molar-refractivity contribution in [2.75, 3.05) is 6.61 Å². The molecule has 1 aliphatic rings. The summed E-state index contributed by atoms with van der Waals surface area (Å²) >= 11 is 0. The van der Waals surface area contributed by atoms with Crippen molar-refractivity contribution >= 4 is 42.6 Å². The minimum Gasteiger partial charge on any atom is -0.463 e. The minimum atomic E-state index is -3.34. The fourth-order valence-electron chi connectivity index (χ4n) is 5.15. The molecular weight excluding hydrogens is 548 g/mol. The molecule has 0 radical (unpaired) electrons. The van der Waals surface area contributed by atoms with Crippen molar-refractivity contribution in [2.24, 2.45) is 0 Å². The second kappa shape index (κ2) is 13.4. The number of benzene rings is 2. The molecule has 2 aromatic carbocycles. The smallest absolute Gasteiger partial charge is 0.305 e. The third-order valence-electron chi connectivity index (χ3n) is 6.66. The maximum Gasteiger partial charge on any atom is 0.305 e. The normalized spacial score (nSPS) is 22.8. The number of carbonyl (C=O) groups is 4. The summed E-state index contributed by atoms with van der Waals surface area (Å²) < 4.78 is 35.4. The predicted octanol–water partition coefficient (Wildman–Crippen LogP) is 2.65. The molecule has 0 aliphatic carbocycles. The number of hydrogen-bond donors (Lipinski definition) is 0. The molecule has 3 rings (SSSR count). The maximum absolute atomic E-state index is 12.5. The highest BCUT2D eigenvalue weighted by Gasteiger charge is 2.59. The minimum absolute atomic E-state index is 0.352. The highest BCUT2D eigenvalue weighted by Crippen LogP contribution is 2.40. The van der Waals surface area contributed by atoms with Crippen molar-refractivity contribution in [2.45, 2.75) is 84.2 Å². The van der Waals surface area contributed by atoms with Crippen LogP contribution in [0, 0.1) is 0 Å². The molecule has 0 amide bonds. The molecule has 10 nitrogen and oxygen atoms in total. The maximum atomic E-state index is 12.5. The molecular formula is C30H38O10Si. The van der Waals surface area contributed by atoms with Gasteiger partial charge in [0.05, 0.1) is 0 Å². The van der Waals surface area contributed by atoms with Gasteiger partial charge in [0, 0.05) is 27.7 Å². The van der Waals surface area contributed by atoms with Crippen LogP contribution in [0.3, 0.4) is 0 Å². The highest BCUT2D eigenvalue weighted by molar-refractivity contribution is 6.99. The summed E-state index contributed by atoms with van der Waals surface area (Å²) in [5, 5.41) is 1.31. The lowest BCUT2D eigenvalue weighted by atomic mass is 9.98. The Hall–Kier alpha value is -3.54. The first kappa shape index (κ1) is 32.0. The fraction of sp³-hybridized carbons (Fsp3) is 0.467. The lowest BCUT2D eigenvalue weighted by molar-refractivity contribution is -0.293.